The van der Waals surface area contributed by atoms with Gasteiger partial charge in [-0.05, 0) is 86.9 Å². The molecule has 0 N–H and O–H groups in total. The third-order valence-electron chi connectivity index (χ3n) is 7.95. The van der Waals surface area contributed by atoms with Crippen LogP contribution in [0.1, 0.15) is 60.9 Å². The number of anilines is 1. The smallest absolute Gasteiger partial charge is 0.338 e. The molecule has 0 unspecified atom stereocenters. The van der Waals surface area contributed by atoms with E-state index in [1.807, 2.05) is 42.5 Å². The molecule has 3 aliphatic rings. The second kappa shape index (κ2) is 9.04. The average molecular weight is 419 g/mol. The summed E-state index contributed by atoms with van der Waals surface area (Å²) in [4.78, 5) is 17.6. The molecule has 4 heteroatoms. The molecule has 0 aromatic heterocycles. The number of esters is 1. The van der Waals surface area contributed by atoms with Crippen LogP contribution < -0.4 is 4.90 Å². The van der Waals surface area contributed by atoms with Gasteiger partial charge in [-0.15, -0.1) is 0 Å². The first kappa shape index (κ1) is 20.6. The monoisotopic (exact) mass is 418 g/mol. The molecule has 0 amide bonds. The van der Waals surface area contributed by atoms with Gasteiger partial charge < -0.3 is 14.5 Å². The Morgan fingerprint density at radius 1 is 0.871 bits per heavy atom. The zero-order valence-corrected chi connectivity index (χ0v) is 18.5. The van der Waals surface area contributed by atoms with Crippen molar-refractivity contribution in [3.05, 3.63) is 65.7 Å². The van der Waals surface area contributed by atoms with Crippen LogP contribution in [0.15, 0.2) is 54.6 Å². The van der Waals surface area contributed by atoms with Gasteiger partial charge in [0.25, 0.3) is 0 Å². The van der Waals surface area contributed by atoms with Gasteiger partial charge in [0.2, 0.25) is 0 Å². The second-order valence-corrected chi connectivity index (χ2v) is 9.72. The molecule has 4 nitrogen and oxygen atoms in total. The standard InChI is InChI=1S/C27H34N2O2/c30-26(31-21-22-5-2-1-3-6-22)23-9-11-25(12-10-23)29-19-15-27(16-20-29)13-17-28(18-14-27)24-7-4-8-24/h1-3,5-6,9-12,24H,4,7-8,13-21H2. The fourth-order valence-electron chi connectivity index (χ4n) is 5.47. The first-order valence-electron chi connectivity index (χ1n) is 12.0. The van der Waals surface area contributed by atoms with Gasteiger partial charge in [0, 0.05) is 24.8 Å². The number of nitrogens with zero attached hydrogens (tertiary/aromatic N) is 2. The Kier molecular flexibility index (Phi) is 5.99. The highest BCUT2D eigenvalue weighted by Gasteiger charge is 2.39. The topological polar surface area (TPSA) is 32.8 Å². The molecular formula is C27H34N2O2. The Bertz CT molecular complexity index is 858. The van der Waals surface area contributed by atoms with Crippen LogP contribution in [0.2, 0.25) is 0 Å². The van der Waals surface area contributed by atoms with E-state index in [2.05, 4.69) is 21.9 Å². The van der Waals surface area contributed by atoms with Gasteiger partial charge in [0.1, 0.15) is 6.61 Å². The molecule has 0 bridgehead atoms. The third kappa shape index (κ3) is 4.64. The van der Waals surface area contributed by atoms with Crippen molar-refractivity contribution in [2.45, 2.75) is 57.6 Å². The number of rotatable bonds is 5. The second-order valence-electron chi connectivity index (χ2n) is 9.72. The van der Waals surface area contributed by atoms with Crippen LogP contribution in [0, 0.1) is 5.41 Å². The number of hydrogen-bond acceptors (Lipinski definition) is 4. The number of piperidine rings is 2. The first-order chi connectivity index (χ1) is 15.2. The molecule has 31 heavy (non-hydrogen) atoms. The molecular weight excluding hydrogens is 384 g/mol. The predicted octanol–water partition coefficient (Wildman–Crippen LogP) is 5.28. The van der Waals surface area contributed by atoms with E-state index in [0.29, 0.717) is 17.6 Å². The van der Waals surface area contributed by atoms with Gasteiger partial charge in [0.15, 0.2) is 0 Å². The molecule has 3 fully saturated rings. The SMILES string of the molecule is O=C(OCc1ccccc1)c1ccc(N2CCC3(CC2)CCN(C2CCC2)CC3)cc1. The molecule has 2 aliphatic heterocycles. The minimum atomic E-state index is -0.258. The summed E-state index contributed by atoms with van der Waals surface area (Å²) < 4.78 is 5.46. The van der Waals surface area contributed by atoms with E-state index in [1.165, 1.54) is 63.7 Å². The molecule has 1 saturated carbocycles. The number of ether oxygens (including phenoxy) is 1. The van der Waals surface area contributed by atoms with Crippen molar-refractivity contribution in [2.75, 3.05) is 31.1 Å². The van der Waals surface area contributed by atoms with Crippen LogP contribution in [0.5, 0.6) is 0 Å². The minimum absolute atomic E-state index is 0.258. The summed E-state index contributed by atoms with van der Waals surface area (Å²) in [7, 11) is 0. The number of benzene rings is 2. The van der Waals surface area contributed by atoms with Gasteiger partial charge in [-0.2, -0.15) is 0 Å². The lowest BCUT2D eigenvalue weighted by Crippen LogP contribution is -2.50. The molecule has 2 aromatic rings. The molecule has 0 atom stereocenters. The van der Waals surface area contributed by atoms with Crippen molar-refractivity contribution in [2.24, 2.45) is 5.41 Å². The molecule has 2 aromatic carbocycles. The summed E-state index contributed by atoms with van der Waals surface area (Å²) in [6.45, 7) is 5.19. The van der Waals surface area contributed by atoms with Crippen molar-refractivity contribution in [3.8, 4) is 0 Å². The predicted molar refractivity (Wildman–Crippen MR) is 124 cm³/mol. The Morgan fingerprint density at radius 2 is 1.52 bits per heavy atom. The molecule has 1 aliphatic carbocycles. The normalized spacial score (nSPS) is 21.6. The molecule has 164 valence electrons. The largest absolute Gasteiger partial charge is 0.457 e. The average Bonchev–Trinajstić information content (AvgIpc) is 2.79. The van der Waals surface area contributed by atoms with E-state index in [1.54, 1.807) is 0 Å². The Labute approximate surface area is 186 Å². The lowest BCUT2D eigenvalue weighted by Gasteiger charge is -2.50. The highest BCUT2D eigenvalue weighted by Crippen LogP contribution is 2.43. The summed E-state index contributed by atoms with van der Waals surface area (Å²) in [6, 6.07) is 18.7. The van der Waals surface area contributed by atoms with Crippen LogP contribution in [-0.4, -0.2) is 43.1 Å². The maximum atomic E-state index is 12.4. The highest BCUT2D eigenvalue weighted by atomic mass is 16.5. The lowest BCUT2D eigenvalue weighted by atomic mass is 9.70. The Hall–Kier alpha value is -2.33. The van der Waals surface area contributed by atoms with E-state index in [-0.39, 0.29) is 5.97 Å². The first-order valence-corrected chi connectivity index (χ1v) is 12.0. The van der Waals surface area contributed by atoms with E-state index >= 15 is 0 Å². The van der Waals surface area contributed by atoms with E-state index in [0.717, 1.165) is 24.7 Å². The van der Waals surface area contributed by atoms with Gasteiger partial charge in [-0.1, -0.05) is 36.8 Å². The van der Waals surface area contributed by atoms with Crippen molar-refractivity contribution >= 4 is 11.7 Å². The van der Waals surface area contributed by atoms with Crippen LogP contribution in [0.4, 0.5) is 5.69 Å². The van der Waals surface area contributed by atoms with Crippen molar-refractivity contribution in [3.63, 3.8) is 0 Å². The summed E-state index contributed by atoms with van der Waals surface area (Å²) in [5, 5.41) is 0. The zero-order chi connectivity index (χ0) is 21.1. The molecule has 2 saturated heterocycles. The van der Waals surface area contributed by atoms with Crippen LogP contribution in [0.25, 0.3) is 0 Å². The third-order valence-corrected chi connectivity index (χ3v) is 7.95. The van der Waals surface area contributed by atoms with Crippen LogP contribution in [-0.2, 0) is 11.3 Å². The zero-order valence-electron chi connectivity index (χ0n) is 18.5. The number of carbonyl (C=O) groups is 1. The van der Waals surface area contributed by atoms with Gasteiger partial charge in [-0.3, -0.25) is 0 Å². The summed E-state index contributed by atoms with van der Waals surface area (Å²) in [5.74, 6) is -0.258. The maximum Gasteiger partial charge on any atom is 0.338 e. The van der Waals surface area contributed by atoms with E-state index in [9.17, 15) is 4.79 Å². The maximum absolute atomic E-state index is 12.4. The summed E-state index contributed by atoms with van der Waals surface area (Å²) in [5.41, 5.74) is 3.42. The van der Waals surface area contributed by atoms with Crippen molar-refractivity contribution in [1.82, 2.24) is 4.90 Å². The number of hydrogen-bond donors (Lipinski definition) is 0. The van der Waals surface area contributed by atoms with Gasteiger partial charge >= 0.3 is 5.97 Å². The fourth-order valence-corrected chi connectivity index (χ4v) is 5.47. The van der Waals surface area contributed by atoms with E-state index in [4.69, 9.17) is 4.74 Å². The van der Waals surface area contributed by atoms with Crippen molar-refractivity contribution in [1.29, 1.82) is 0 Å². The Balaban J connectivity index is 1.11. The quantitative estimate of drug-likeness (QED) is 0.619. The lowest BCUT2D eigenvalue weighted by molar-refractivity contribution is 0.0306. The molecule has 2 heterocycles. The van der Waals surface area contributed by atoms with E-state index < -0.39 is 0 Å². The van der Waals surface area contributed by atoms with Crippen molar-refractivity contribution < 1.29 is 9.53 Å². The van der Waals surface area contributed by atoms with Crippen LogP contribution in [0.3, 0.4) is 0 Å². The minimum Gasteiger partial charge on any atom is -0.457 e. The highest BCUT2D eigenvalue weighted by molar-refractivity contribution is 5.89. The molecule has 5 rings (SSSR count). The van der Waals surface area contributed by atoms with Gasteiger partial charge in [-0.25, -0.2) is 4.79 Å². The number of likely N-dealkylation sites (tertiary alicyclic amines) is 1. The fraction of sp³-hybridized carbons (Fsp3) is 0.519. The molecule has 0 radical (unpaired) electrons. The summed E-state index contributed by atoms with van der Waals surface area (Å²) >= 11 is 0. The van der Waals surface area contributed by atoms with Crippen LogP contribution >= 0.6 is 0 Å². The van der Waals surface area contributed by atoms with Gasteiger partial charge in [0.05, 0.1) is 5.56 Å². The summed E-state index contributed by atoms with van der Waals surface area (Å²) in [6.07, 6.45) is 9.64. The number of carbonyl (C=O) groups excluding carboxylic acids is 1. The molecule has 1 spiro atoms. The Morgan fingerprint density at radius 3 is 2.13 bits per heavy atom.